The molecule has 0 aliphatic carbocycles. The van der Waals surface area contributed by atoms with E-state index in [4.69, 9.17) is 14.5 Å². The van der Waals surface area contributed by atoms with Crippen molar-refractivity contribution in [2.75, 3.05) is 27.3 Å². The lowest BCUT2D eigenvalue weighted by atomic mass is 10.1. The molecule has 174 valence electrons. The summed E-state index contributed by atoms with van der Waals surface area (Å²) in [6, 6.07) is 5.61. The molecule has 0 saturated heterocycles. The van der Waals surface area contributed by atoms with Gasteiger partial charge in [-0.2, -0.15) is 0 Å². The summed E-state index contributed by atoms with van der Waals surface area (Å²) >= 11 is 1.45. The number of nitrogens with one attached hydrogen (secondary N) is 1. The highest BCUT2D eigenvalue weighted by molar-refractivity contribution is 7.17. The van der Waals surface area contributed by atoms with Crippen molar-refractivity contribution in [1.29, 1.82) is 0 Å². The third kappa shape index (κ3) is 5.68. The van der Waals surface area contributed by atoms with Gasteiger partial charge in [0.2, 0.25) is 0 Å². The Balaban J connectivity index is 1.92. The molecule has 0 fully saturated rings. The van der Waals surface area contributed by atoms with Crippen molar-refractivity contribution in [1.82, 2.24) is 14.9 Å². The van der Waals surface area contributed by atoms with Crippen molar-refractivity contribution in [2.24, 2.45) is 5.92 Å². The Morgan fingerprint density at radius 2 is 1.97 bits per heavy atom. The SMILES string of the molecule is CCC(O)CN(CCC(C)C)Cc1nc2scc(-c3ccc(OC)c(OC)c3)c2c(=O)[nH]1. The van der Waals surface area contributed by atoms with Crippen molar-refractivity contribution in [3.05, 3.63) is 39.8 Å². The molecule has 1 unspecified atom stereocenters. The predicted octanol–water partition coefficient (Wildman–Crippen LogP) is 4.29. The van der Waals surface area contributed by atoms with Crippen LogP contribution in [0.15, 0.2) is 28.4 Å². The van der Waals surface area contributed by atoms with Gasteiger partial charge in [-0.1, -0.05) is 26.8 Å². The van der Waals surface area contributed by atoms with Crippen molar-refractivity contribution < 1.29 is 14.6 Å². The van der Waals surface area contributed by atoms with Crippen LogP contribution in [0.3, 0.4) is 0 Å². The smallest absolute Gasteiger partial charge is 0.260 e. The number of aliphatic hydroxyl groups is 1. The third-order valence-electron chi connectivity index (χ3n) is 5.52. The fourth-order valence-electron chi connectivity index (χ4n) is 3.60. The summed E-state index contributed by atoms with van der Waals surface area (Å²) in [6.07, 6.45) is 1.32. The number of aromatic amines is 1. The van der Waals surface area contributed by atoms with Crippen LogP contribution in [-0.2, 0) is 6.54 Å². The molecule has 32 heavy (non-hydrogen) atoms. The van der Waals surface area contributed by atoms with E-state index in [1.54, 1.807) is 14.2 Å². The van der Waals surface area contributed by atoms with Crippen LogP contribution in [0.1, 0.15) is 39.4 Å². The van der Waals surface area contributed by atoms with Gasteiger partial charge in [0, 0.05) is 17.5 Å². The summed E-state index contributed by atoms with van der Waals surface area (Å²) in [6.45, 7) is 8.24. The molecule has 0 radical (unpaired) electrons. The molecular formula is C24H33N3O4S. The molecule has 0 bridgehead atoms. The van der Waals surface area contributed by atoms with Gasteiger partial charge in [-0.05, 0) is 43.0 Å². The Kier molecular flexibility index (Phi) is 8.28. The maximum Gasteiger partial charge on any atom is 0.260 e. The number of H-pyrrole nitrogens is 1. The number of benzene rings is 1. The van der Waals surface area contributed by atoms with E-state index >= 15 is 0 Å². The van der Waals surface area contributed by atoms with Gasteiger partial charge in [-0.15, -0.1) is 11.3 Å². The third-order valence-corrected chi connectivity index (χ3v) is 6.40. The lowest BCUT2D eigenvalue weighted by Gasteiger charge is -2.25. The van der Waals surface area contributed by atoms with Crippen LogP contribution in [0.25, 0.3) is 21.3 Å². The number of hydrogen-bond donors (Lipinski definition) is 2. The topological polar surface area (TPSA) is 87.7 Å². The van der Waals surface area contributed by atoms with Crippen LogP contribution in [0.4, 0.5) is 0 Å². The number of aromatic nitrogens is 2. The zero-order chi connectivity index (χ0) is 23.3. The largest absolute Gasteiger partial charge is 0.493 e. The van der Waals surface area contributed by atoms with E-state index in [-0.39, 0.29) is 5.56 Å². The van der Waals surface area contributed by atoms with E-state index < -0.39 is 6.10 Å². The van der Waals surface area contributed by atoms with E-state index in [9.17, 15) is 9.90 Å². The van der Waals surface area contributed by atoms with Gasteiger partial charge in [0.25, 0.3) is 5.56 Å². The lowest BCUT2D eigenvalue weighted by molar-refractivity contribution is 0.101. The molecule has 0 amide bonds. The van der Waals surface area contributed by atoms with Crippen LogP contribution in [0.2, 0.25) is 0 Å². The summed E-state index contributed by atoms with van der Waals surface area (Å²) in [4.78, 5) is 23.6. The quantitative estimate of drug-likeness (QED) is 0.445. The van der Waals surface area contributed by atoms with Crippen LogP contribution < -0.4 is 15.0 Å². The highest BCUT2D eigenvalue weighted by Gasteiger charge is 2.17. The number of hydrogen-bond acceptors (Lipinski definition) is 7. The molecule has 1 atom stereocenters. The van der Waals surface area contributed by atoms with Crippen LogP contribution >= 0.6 is 11.3 Å². The summed E-state index contributed by atoms with van der Waals surface area (Å²) in [5, 5.41) is 12.7. The normalized spacial score (nSPS) is 12.6. The second kappa shape index (κ2) is 10.9. The van der Waals surface area contributed by atoms with Gasteiger partial charge < -0.3 is 19.6 Å². The minimum atomic E-state index is -0.393. The highest BCUT2D eigenvalue weighted by atomic mass is 32.1. The molecule has 3 rings (SSSR count). The second-order valence-corrected chi connectivity index (χ2v) is 9.25. The Bertz CT molecular complexity index is 1090. The van der Waals surface area contributed by atoms with Crippen molar-refractivity contribution >= 4 is 21.6 Å². The van der Waals surface area contributed by atoms with Gasteiger partial charge in [0.05, 0.1) is 32.3 Å². The number of aliphatic hydroxyl groups excluding tert-OH is 1. The average Bonchev–Trinajstić information content (AvgIpc) is 3.21. The van der Waals surface area contributed by atoms with E-state index in [1.165, 1.54) is 11.3 Å². The van der Waals surface area contributed by atoms with Crippen molar-refractivity contribution in [3.8, 4) is 22.6 Å². The van der Waals surface area contributed by atoms with Crippen LogP contribution in [-0.4, -0.2) is 53.4 Å². The molecule has 3 aromatic rings. The van der Waals surface area contributed by atoms with Gasteiger partial charge >= 0.3 is 0 Å². The fraction of sp³-hybridized carbons (Fsp3) is 0.500. The minimum absolute atomic E-state index is 0.157. The van der Waals surface area contributed by atoms with E-state index in [2.05, 4.69) is 23.7 Å². The lowest BCUT2D eigenvalue weighted by Crippen LogP contribution is -2.34. The van der Waals surface area contributed by atoms with Gasteiger partial charge in [-0.3, -0.25) is 9.69 Å². The molecule has 0 spiro atoms. The number of rotatable bonds is 11. The van der Waals surface area contributed by atoms with E-state index in [1.807, 2.05) is 30.5 Å². The molecule has 2 heterocycles. The second-order valence-electron chi connectivity index (χ2n) is 8.39. The predicted molar refractivity (Wildman–Crippen MR) is 130 cm³/mol. The Morgan fingerprint density at radius 1 is 1.22 bits per heavy atom. The molecule has 7 nitrogen and oxygen atoms in total. The van der Waals surface area contributed by atoms with Crippen LogP contribution in [0.5, 0.6) is 11.5 Å². The highest BCUT2D eigenvalue weighted by Crippen LogP contribution is 2.36. The maximum atomic E-state index is 13.0. The number of ether oxygens (including phenoxy) is 2. The molecule has 2 N–H and O–H groups in total. The number of methoxy groups -OCH3 is 2. The van der Waals surface area contributed by atoms with Crippen molar-refractivity contribution in [2.45, 2.75) is 46.3 Å². The first-order valence-corrected chi connectivity index (χ1v) is 11.9. The van der Waals surface area contributed by atoms with Gasteiger partial charge in [0.1, 0.15) is 10.7 Å². The Labute approximate surface area is 193 Å². The van der Waals surface area contributed by atoms with Crippen LogP contribution in [0, 0.1) is 5.92 Å². The zero-order valence-electron chi connectivity index (χ0n) is 19.5. The van der Waals surface area contributed by atoms with Crippen molar-refractivity contribution in [3.63, 3.8) is 0 Å². The Hall–Kier alpha value is -2.42. The molecule has 0 saturated carbocycles. The summed E-state index contributed by atoms with van der Waals surface area (Å²) in [5.41, 5.74) is 1.54. The van der Waals surface area contributed by atoms with Gasteiger partial charge in [-0.25, -0.2) is 4.98 Å². The molecule has 0 aliphatic heterocycles. The zero-order valence-corrected chi connectivity index (χ0v) is 20.3. The molecule has 1 aromatic carbocycles. The molecular weight excluding hydrogens is 426 g/mol. The molecule has 8 heteroatoms. The first kappa shape index (κ1) is 24.2. The number of thiophene rings is 1. The first-order chi connectivity index (χ1) is 15.4. The first-order valence-electron chi connectivity index (χ1n) is 11.0. The van der Waals surface area contributed by atoms with E-state index in [0.29, 0.717) is 53.0 Å². The molecule has 2 aromatic heterocycles. The standard InChI is InChI=1S/C24H33N3O4S/c1-6-17(28)12-27(10-9-15(2)3)13-21-25-23(29)22-18(14-32-24(22)26-21)16-7-8-19(30-4)20(11-16)31-5/h7-8,11,14-15,17,28H,6,9-10,12-13H2,1-5H3,(H,25,26,29). The monoisotopic (exact) mass is 459 g/mol. The number of fused-ring (bicyclic) bond motifs is 1. The summed E-state index contributed by atoms with van der Waals surface area (Å²) in [7, 11) is 3.19. The summed E-state index contributed by atoms with van der Waals surface area (Å²) < 4.78 is 10.7. The summed E-state index contributed by atoms with van der Waals surface area (Å²) in [5.74, 6) is 2.43. The number of nitrogens with zero attached hydrogens (tertiary/aromatic N) is 2. The maximum absolute atomic E-state index is 13.0. The fourth-order valence-corrected chi connectivity index (χ4v) is 4.57. The van der Waals surface area contributed by atoms with Gasteiger partial charge in [0.15, 0.2) is 11.5 Å². The minimum Gasteiger partial charge on any atom is -0.493 e. The average molecular weight is 460 g/mol. The Morgan fingerprint density at radius 3 is 2.62 bits per heavy atom. The molecule has 0 aliphatic rings. The van der Waals surface area contributed by atoms with E-state index in [0.717, 1.165) is 24.1 Å².